The number of aromatic nitrogens is 1. The number of hydrogen-bond acceptors (Lipinski definition) is 6. The van der Waals surface area contributed by atoms with E-state index < -0.39 is 11.1 Å². The lowest BCUT2D eigenvalue weighted by atomic mass is 9.86. The van der Waals surface area contributed by atoms with Crippen molar-refractivity contribution in [1.82, 2.24) is 10.3 Å². The summed E-state index contributed by atoms with van der Waals surface area (Å²) in [4.78, 5) is 21.8. The normalized spacial score (nSPS) is 19.5. The summed E-state index contributed by atoms with van der Waals surface area (Å²) in [5.41, 5.74) is -1.05. The Morgan fingerprint density at radius 3 is 2.28 bits per heavy atom. The van der Waals surface area contributed by atoms with Gasteiger partial charge in [0.05, 0.1) is 12.5 Å². The molecule has 7 nitrogen and oxygen atoms in total. The van der Waals surface area contributed by atoms with Gasteiger partial charge in [0.2, 0.25) is 5.60 Å². The predicted octanol–water partition coefficient (Wildman–Crippen LogP) is 3.15. The summed E-state index contributed by atoms with van der Waals surface area (Å²) in [6.07, 6.45) is 4.64. The van der Waals surface area contributed by atoms with Gasteiger partial charge in [0, 0.05) is 11.8 Å². The van der Waals surface area contributed by atoms with Gasteiger partial charge in [-0.2, -0.15) is 0 Å². The molecule has 150 valence electrons. The van der Waals surface area contributed by atoms with Crippen molar-refractivity contribution in [2.45, 2.75) is 38.8 Å². The number of nitrogens with zero attached hydrogens (tertiary/aromatic N) is 2. The van der Waals surface area contributed by atoms with Crippen molar-refractivity contribution < 1.29 is 18.7 Å². The average Bonchev–Trinajstić information content (AvgIpc) is 3.44. The van der Waals surface area contributed by atoms with Crippen molar-refractivity contribution in [3.63, 3.8) is 0 Å². The second-order valence-corrected chi connectivity index (χ2v) is 7.79. The number of hydrogen-bond donors (Lipinski definition) is 2. The minimum atomic E-state index is -1.74. The molecule has 0 spiro atoms. The van der Waals surface area contributed by atoms with Crippen LogP contribution in [0.3, 0.4) is 0 Å². The number of carbonyl (C=O) groups excluding carboxylic acids is 1. The maximum absolute atomic E-state index is 12.7. The summed E-state index contributed by atoms with van der Waals surface area (Å²) in [5, 5.41) is 14.7. The number of amides is 1. The number of carbonyl (C=O) groups is 1. The number of rotatable bonds is 5. The molecule has 0 bridgehead atoms. The molecule has 29 heavy (non-hydrogen) atoms. The SMILES string of the molecule is Cc1cnc(C2=NC(C)(C(C)C)C(=O)N2)c(C(O)(c2ccco2)c2ccco2)c1. The molecule has 0 aliphatic carbocycles. The quantitative estimate of drug-likeness (QED) is 0.693. The van der Waals surface area contributed by atoms with Gasteiger partial charge in [0.15, 0.2) is 5.84 Å². The average molecular weight is 393 g/mol. The molecule has 0 radical (unpaired) electrons. The highest BCUT2D eigenvalue weighted by Gasteiger charge is 2.46. The summed E-state index contributed by atoms with van der Waals surface area (Å²) >= 11 is 0. The van der Waals surface area contributed by atoms with Crippen LogP contribution in [0.4, 0.5) is 0 Å². The van der Waals surface area contributed by atoms with Crippen LogP contribution in [0.25, 0.3) is 0 Å². The van der Waals surface area contributed by atoms with E-state index in [1.807, 2.05) is 20.8 Å². The van der Waals surface area contributed by atoms with E-state index in [9.17, 15) is 9.90 Å². The van der Waals surface area contributed by atoms with E-state index in [4.69, 9.17) is 8.83 Å². The molecule has 1 aliphatic heterocycles. The zero-order valence-electron chi connectivity index (χ0n) is 16.8. The lowest BCUT2D eigenvalue weighted by Gasteiger charge is -2.26. The molecule has 4 rings (SSSR count). The highest BCUT2D eigenvalue weighted by molar-refractivity contribution is 6.15. The van der Waals surface area contributed by atoms with Crippen molar-refractivity contribution in [1.29, 1.82) is 0 Å². The van der Waals surface area contributed by atoms with Crippen LogP contribution in [0.5, 0.6) is 0 Å². The van der Waals surface area contributed by atoms with Gasteiger partial charge in [-0.15, -0.1) is 0 Å². The van der Waals surface area contributed by atoms with E-state index in [2.05, 4.69) is 15.3 Å². The molecule has 1 aliphatic rings. The molecule has 3 aromatic heterocycles. The molecule has 0 saturated heterocycles. The smallest absolute Gasteiger partial charge is 0.253 e. The van der Waals surface area contributed by atoms with E-state index in [-0.39, 0.29) is 23.3 Å². The Morgan fingerprint density at radius 2 is 1.79 bits per heavy atom. The highest BCUT2D eigenvalue weighted by Crippen LogP contribution is 2.39. The van der Waals surface area contributed by atoms with Gasteiger partial charge >= 0.3 is 0 Å². The van der Waals surface area contributed by atoms with E-state index in [1.54, 1.807) is 43.5 Å². The van der Waals surface area contributed by atoms with Gasteiger partial charge in [-0.25, -0.2) is 4.99 Å². The van der Waals surface area contributed by atoms with Crippen molar-refractivity contribution in [2.24, 2.45) is 10.9 Å². The molecule has 1 amide bonds. The van der Waals surface area contributed by atoms with Gasteiger partial charge in [-0.3, -0.25) is 9.78 Å². The third kappa shape index (κ3) is 2.89. The Bertz CT molecular complexity index is 1030. The number of aliphatic hydroxyl groups is 1. The second-order valence-electron chi connectivity index (χ2n) is 7.79. The van der Waals surface area contributed by atoms with Crippen LogP contribution in [-0.2, 0) is 10.4 Å². The Kier molecular flexibility index (Phi) is 4.42. The third-order valence-electron chi connectivity index (χ3n) is 5.55. The van der Waals surface area contributed by atoms with Crippen LogP contribution in [0.2, 0.25) is 0 Å². The molecule has 4 heterocycles. The van der Waals surface area contributed by atoms with Gasteiger partial charge in [-0.1, -0.05) is 13.8 Å². The van der Waals surface area contributed by atoms with Crippen LogP contribution in [0.15, 0.2) is 62.9 Å². The number of aryl methyl sites for hydroxylation is 1. The van der Waals surface area contributed by atoms with E-state index in [0.717, 1.165) is 5.56 Å². The first-order chi connectivity index (χ1) is 13.8. The summed E-state index contributed by atoms with van der Waals surface area (Å²) < 4.78 is 11.1. The number of pyridine rings is 1. The van der Waals surface area contributed by atoms with Crippen LogP contribution in [-0.4, -0.2) is 27.4 Å². The standard InChI is InChI=1S/C22H23N3O4/c1-13(2)21(4)20(26)24-19(25-21)18-15(11-14(3)12-23-18)22(27,16-7-5-9-28-16)17-8-6-10-29-17/h5-13,27H,1-4H3,(H,24,25,26). The molecule has 1 unspecified atom stereocenters. The van der Waals surface area contributed by atoms with Gasteiger partial charge < -0.3 is 19.3 Å². The molecular formula is C22H23N3O4. The van der Waals surface area contributed by atoms with Gasteiger partial charge in [0.25, 0.3) is 5.91 Å². The zero-order chi connectivity index (χ0) is 20.8. The Balaban J connectivity index is 1.96. The fourth-order valence-electron chi connectivity index (χ4n) is 3.44. The lowest BCUT2D eigenvalue weighted by molar-refractivity contribution is -0.124. The van der Waals surface area contributed by atoms with Crippen molar-refractivity contribution in [2.75, 3.05) is 0 Å². The molecule has 2 N–H and O–H groups in total. The number of aliphatic imine (C=N–C) groups is 1. The van der Waals surface area contributed by atoms with E-state index >= 15 is 0 Å². The van der Waals surface area contributed by atoms with Crippen molar-refractivity contribution >= 4 is 11.7 Å². The molecule has 0 saturated carbocycles. The summed E-state index contributed by atoms with van der Waals surface area (Å²) in [5.74, 6) is 0.659. The first kappa shape index (κ1) is 19.1. The lowest BCUT2D eigenvalue weighted by Crippen LogP contribution is -2.41. The van der Waals surface area contributed by atoms with E-state index in [0.29, 0.717) is 17.1 Å². The van der Waals surface area contributed by atoms with Gasteiger partial charge in [-0.05, 0) is 55.7 Å². The highest BCUT2D eigenvalue weighted by atomic mass is 16.4. The number of amidine groups is 1. The van der Waals surface area contributed by atoms with Crippen LogP contribution >= 0.6 is 0 Å². The van der Waals surface area contributed by atoms with Gasteiger partial charge in [0.1, 0.15) is 22.8 Å². The fraction of sp³-hybridized carbons (Fsp3) is 0.318. The Hall–Kier alpha value is -3.19. The van der Waals surface area contributed by atoms with Crippen molar-refractivity contribution in [3.05, 3.63) is 77.4 Å². The first-order valence-electron chi connectivity index (χ1n) is 9.46. The summed E-state index contributed by atoms with van der Waals surface area (Å²) in [6, 6.07) is 8.52. The number of nitrogens with one attached hydrogen (secondary N) is 1. The monoisotopic (exact) mass is 393 g/mol. The third-order valence-corrected chi connectivity index (χ3v) is 5.55. The Morgan fingerprint density at radius 1 is 1.17 bits per heavy atom. The maximum atomic E-state index is 12.7. The minimum absolute atomic E-state index is 0.0112. The minimum Gasteiger partial charge on any atom is -0.465 e. The van der Waals surface area contributed by atoms with Crippen molar-refractivity contribution in [3.8, 4) is 0 Å². The van der Waals surface area contributed by atoms with Crippen LogP contribution in [0, 0.1) is 12.8 Å². The fourth-order valence-corrected chi connectivity index (χ4v) is 3.44. The molecule has 0 aromatic carbocycles. The topological polar surface area (TPSA) is 101 Å². The molecule has 0 fully saturated rings. The first-order valence-corrected chi connectivity index (χ1v) is 9.46. The Labute approximate surface area is 168 Å². The number of furan rings is 2. The van der Waals surface area contributed by atoms with Crippen LogP contribution < -0.4 is 5.32 Å². The van der Waals surface area contributed by atoms with E-state index in [1.165, 1.54) is 12.5 Å². The summed E-state index contributed by atoms with van der Waals surface area (Å²) in [7, 11) is 0. The molecule has 1 atom stereocenters. The zero-order valence-corrected chi connectivity index (χ0v) is 16.8. The molecule has 7 heteroatoms. The predicted molar refractivity (Wildman–Crippen MR) is 106 cm³/mol. The maximum Gasteiger partial charge on any atom is 0.253 e. The molecular weight excluding hydrogens is 370 g/mol. The van der Waals surface area contributed by atoms with Crippen LogP contribution in [0.1, 0.15) is 49.1 Å². The largest absolute Gasteiger partial charge is 0.465 e. The molecule has 3 aromatic rings. The second kappa shape index (κ2) is 6.70. The summed E-state index contributed by atoms with van der Waals surface area (Å²) in [6.45, 7) is 7.55.